The first-order valence-electron chi connectivity index (χ1n) is 7.55. The molecule has 1 aromatic heterocycles. The number of morpholine rings is 1. The maximum absolute atomic E-state index is 12.0. The number of amides is 1. The van der Waals surface area contributed by atoms with Crippen molar-refractivity contribution in [2.75, 3.05) is 25.4 Å². The van der Waals surface area contributed by atoms with Crippen LogP contribution in [0.15, 0.2) is 17.3 Å². The van der Waals surface area contributed by atoms with Gasteiger partial charge in [-0.2, -0.15) is 0 Å². The highest BCUT2D eigenvalue weighted by Crippen LogP contribution is 2.22. The summed E-state index contributed by atoms with van der Waals surface area (Å²) in [6, 6.07) is 4.24. The number of nitrogens with zero attached hydrogens (tertiary/aromatic N) is 2. The number of aryl methyl sites for hydroxylation is 2. The van der Waals surface area contributed by atoms with Gasteiger partial charge >= 0.3 is 0 Å². The van der Waals surface area contributed by atoms with Crippen LogP contribution in [0.25, 0.3) is 11.0 Å². The number of hydrogen-bond donors (Lipinski definition) is 1. The summed E-state index contributed by atoms with van der Waals surface area (Å²) in [5.74, 6) is 0.915. The topological polar surface area (TPSA) is 58.2 Å². The lowest BCUT2D eigenvalue weighted by atomic mass is 10.1. The monoisotopic (exact) mass is 319 g/mol. The summed E-state index contributed by atoms with van der Waals surface area (Å²) >= 11 is 1.65. The number of aromatic nitrogens is 2. The van der Waals surface area contributed by atoms with Gasteiger partial charge in [0, 0.05) is 18.8 Å². The number of rotatable bonds is 4. The van der Waals surface area contributed by atoms with E-state index in [1.807, 2.05) is 11.8 Å². The number of fused-ring (bicyclic) bond motifs is 1. The average molecular weight is 319 g/mol. The van der Waals surface area contributed by atoms with Gasteiger partial charge in [0.05, 0.1) is 17.6 Å². The molecule has 2 aromatic rings. The van der Waals surface area contributed by atoms with Gasteiger partial charge in [-0.1, -0.05) is 11.8 Å². The fourth-order valence-corrected chi connectivity index (χ4v) is 3.42. The first kappa shape index (κ1) is 15.4. The zero-order valence-electron chi connectivity index (χ0n) is 13.2. The van der Waals surface area contributed by atoms with Crippen molar-refractivity contribution in [1.82, 2.24) is 14.9 Å². The second-order valence-corrected chi connectivity index (χ2v) is 6.77. The molecule has 0 saturated carbocycles. The minimum atomic E-state index is -0.309. The molecule has 3 rings (SSSR count). The second-order valence-electron chi connectivity index (χ2n) is 5.68. The fourth-order valence-electron chi connectivity index (χ4n) is 2.57. The molecule has 1 aliphatic rings. The largest absolute Gasteiger partial charge is 0.367 e. The SMILES string of the molecule is Cc1cc2nc(SCCN3CCOC(C)C3=O)[nH]c2cc1C. The number of benzene rings is 1. The van der Waals surface area contributed by atoms with Gasteiger partial charge in [-0.3, -0.25) is 4.79 Å². The third kappa shape index (κ3) is 3.13. The normalized spacial score (nSPS) is 19.1. The van der Waals surface area contributed by atoms with E-state index in [-0.39, 0.29) is 12.0 Å². The molecule has 1 saturated heterocycles. The van der Waals surface area contributed by atoms with Crippen molar-refractivity contribution < 1.29 is 9.53 Å². The quantitative estimate of drug-likeness (QED) is 0.880. The molecule has 0 radical (unpaired) electrons. The molecule has 0 bridgehead atoms. The van der Waals surface area contributed by atoms with Crippen LogP contribution in [0, 0.1) is 13.8 Å². The van der Waals surface area contributed by atoms with E-state index in [0.29, 0.717) is 13.2 Å². The van der Waals surface area contributed by atoms with Crippen LogP contribution in [0.2, 0.25) is 0 Å². The van der Waals surface area contributed by atoms with Crippen molar-refractivity contribution in [1.29, 1.82) is 0 Å². The summed E-state index contributed by atoms with van der Waals surface area (Å²) in [4.78, 5) is 21.8. The lowest BCUT2D eigenvalue weighted by Gasteiger charge is -2.30. The van der Waals surface area contributed by atoms with E-state index in [1.165, 1.54) is 11.1 Å². The van der Waals surface area contributed by atoms with Crippen LogP contribution in [0.3, 0.4) is 0 Å². The number of carbonyl (C=O) groups excluding carboxylic acids is 1. The maximum atomic E-state index is 12.0. The van der Waals surface area contributed by atoms with Crippen molar-refractivity contribution in [2.24, 2.45) is 0 Å². The Morgan fingerprint density at radius 1 is 1.41 bits per heavy atom. The number of H-pyrrole nitrogens is 1. The zero-order valence-corrected chi connectivity index (χ0v) is 14.0. The lowest BCUT2D eigenvalue weighted by Crippen LogP contribution is -2.47. The van der Waals surface area contributed by atoms with Crippen molar-refractivity contribution in [2.45, 2.75) is 32.0 Å². The molecule has 1 amide bonds. The van der Waals surface area contributed by atoms with Gasteiger partial charge in [0.25, 0.3) is 5.91 Å². The predicted octanol–water partition coefficient (Wildman–Crippen LogP) is 2.52. The number of ether oxygens (including phenoxy) is 1. The van der Waals surface area contributed by atoms with Gasteiger partial charge in [-0.15, -0.1) is 0 Å². The van der Waals surface area contributed by atoms with E-state index in [9.17, 15) is 4.79 Å². The molecule has 0 spiro atoms. The molecule has 2 heterocycles. The Balaban J connectivity index is 1.61. The molecular weight excluding hydrogens is 298 g/mol. The summed E-state index contributed by atoms with van der Waals surface area (Å²) in [5.41, 5.74) is 4.59. The van der Waals surface area contributed by atoms with Gasteiger partial charge < -0.3 is 14.6 Å². The molecule has 5 nitrogen and oxygen atoms in total. The van der Waals surface area contributed by atoms with Crippen LogP contribution < -0.4 is 0 Å². The van der Waals surface area contributed by atoms with E-state index in [1.54, 1.807) is 11.8 Å². The Morgan fingerprint density at radius 2 is 2.18 bits per heavy atom. The highest BCUT2D eigenvalue weighted by molar-refractivity contribution is 7.99. The van der Waals surface area contributed by atoms with Gasteiger partial charge in [0.1, 0.15) is 6.10 Å². The Morgan fingerprint density at radius 3 is 3.00 bits per heavy atom. The molecule has 1 fully saturated rings. The Kier molecular flexibility index (Phi) is 4.40. The molecule has 22 heavy (non-hydrogen) atoms. The molecular formula is C16H21N3O2S. The lowest BCUT2D eigenvalue weighted by molar-refractivity contribution is -0.150. The van der Waals surface area contributed by atoms with Crippen LogP contribution in [-0.2, 0) is 9.53 Å². The van der Waals surface area contributed by atoms with E-state index in [4.69, 9.17) is 4.74 Å². The highest BCUT2D eigenvalue weighted by Gasteiger charge is 2.25. The fraction of sp³-hybridized carbons (Fsp3) is 0.500. The third-order valence-corrected chi connectivity index (χ3v) is 4.92. The smallest absolute Gasteiger partial charge is 0.251 e. The number of imidazole rings is 1. The standard InChI is InChI=1S/C16H21N3O2S/c1-10-8-13-14(9-11(10)2)18-16(17-13)22-7-5-19-4-6-21-12(3)15(19)20/h8-9,12H,4-7H2,1-3H3,(H,17,18). The molecule has 1 N–H and O–H groups in total. The van der Waals surface area contributed by atoms with E-state index < -0.39 is 0 Å². The summed E-state index contributed by atoms with van der Waals surface area (Å²) in [7, 11) is 0. The van der Waals surface area contributed by atoms with Crippen molar-refractivity contribution in [3.63, 3.8) is 0 Å². The summed E-state index contributed by atoms with van der Waals surface area (Å²) in [6.45, 7) is 8.05. The van der Waals surface area contributed by atoms with Crippen molar-refractivity contribution >= 4 is 28.7 Å². The summed E-state index contributed by atoms with van der Waals surface area (Å²) in [5, 5.41) is 0.911. The van der Waals surface area contributed by atoms with Gasteiger partial charge in [-0.25, -0.2) is 4.98 Å². The second kappa shape index (κ2) is 6.30. The number of hydrogen-bond acceptors (Lipinski definition) is 4. The molecule has 118 valence electrons. The van der Waals surface area contributed by atoms with E-state index >= 15 is 0 Å². The minimum absolute atomic E-state index is 0.0858. The van der Waals surface area contributed by atoms with Crippen LogP contribution >= 0.6 is 11.8 Å². The van der Waals surface area contributed by atoms with E-state index in [2.05, 4.69) is 35.9 Å². The Labute approximate surface area is 134 Å². The highest BCUT2D eigenvalue weighted by atomic mass is 32.2. The van der Waals surface area contributed by atoms with Crippen LogP contribution in [0.1, 0.15) is 18.1 Å². The number of thioether (sulfide) groups is 1. The van der Waals surface area contributed by atoms with Gasteiger partial charge in [-0.05, 0) is 44.0 Å². The van der Waals surface area contributed by atoms with E-state index in [0.717, 1.165) is 28.5 Å². The Hall–Kier alpha value is -1.53. The summed E-state index contributed by atoms with van der Waals surface area (Å²) < 4.78 is 5.33. The predicted molar refractivity (Wildman–Crippen MR) is 88.3 cm³/mol. The number of carbonyl (C=O) groups is 1. The zero-order chi connectivity index (χ0) is 15.7. The van der Waals surface area contributed by atoms with Crippen LogP contribution in [0.4, 0.5) is 0 Å². The minimum Gasteiger partial charge on any atom is -0.367 e. The number of aromatic amines is 1. The van der Waals surface area contributed by atoms with Gasteiger partial charge in [0.15, 0.2) is 5.16 Å². The molecule has 0 aliphatic carbocycles. The average Bonchev–Trinajstić information content (AvgIpc) is 2.86. The summed E-state index contributed by atoms with van der Waals surface area (Å²) in [6.07, 6.45) is -0.309. The van der Waals surface area contributed by atoms with Crippen LogP contribution in [0.5, 0.6) is 0 Å². The molecule has 1 atom stereocenters. The Bertz CT molecular complexity index is 659. The number of nitrogens with one attached hydrogen (secondary N) is 1. The molecule has 1 aliphatic heterocycles. The molecule has 1 aromatic carbocycles. The first-order valence-corrected chi connectivity index (χ1v) is 8.53. The first-order chi connectivity index (χ1) is 10.5. The van der Waals surface area contributed by atoms with Crippen molar-refractivity contribution in [3.05, 3.63) is 23.3 Å². The maximum Gasteiger partial charge on any atom is 0.251 e. The molecule has 1 unspecified atom stereocenters. The molecule has 6 heteroatoms. The van der Waals surface area contributed by atoms with Gasteiger partial charge in [0.2, 0.25) is 0 Å². The van der Waals surface area contributed by atoms with Crippen molar-refractivity contribution in [3.8, 4) is 0 Å². The third-order valence-electron chi connectivity index (χ3n) is 4.06. The van der Waals surface area contributed by atoms with Crippen LogP contribution in [-0.4, -0.2) is 52.3 Å².